The minimum Gasteiger partial charge on any atom is -0.497 e. The van der Waals surface area contributed by atoms with E-state index in [-0.39, 0.29) is 42.6 Å². The number of methoxy groups -OCH3 is 1. The molecule has 2 aromatic carbocycles. The summed E-state index contributed by atoms with van der Waals surface area (Å²) in [5.74, 6) is -3.13. The fourth-order valence-electron chi connectivity index (χ4n) is 8.13. The van der Waals surface area contributed by atoms with Gasteiger partial charge in [0.05, 0.1) is 43.7 Å². The number of ether oxygens (including phenoxy) is 3. The molecule has 2 N–H and O–H groups in total. The first-order valence-electron chi connectivity index (χ1n) is 17.9. The summed E-state index contributed by atoms with van der Waals surface area (Å²) in [7, 11) is 1.56. The molecule has 3 amide bonds. The van der Waals surface area contributed by atoms with Crippen LogP contribution in [-0.4, -0.2) is 88.6 Å². The molecule has 1 spiro atoms. The Kier molecular flexibility index (Phi) is 12.6. The number of benzene rings is 2. The average molecular weight is 781 g/mol. The van der Waals surface area contributed by atoms with Crippen molar-refractivity contribution in [3.63, 3.8) is 0 Å². The summed E-state index contributed by atoms with van der Waals surface area (Å²) in [6.45, 7) is 13.1. The molecule has 52 heavy (non-hydrogen) atoms. The van der Waals surface area contributed by atoms with Crippen LogP contribution in [0.5, 0.6) is 5.75 Å². The number of esters is 1. The highest BCUT2D eigenvalue weighted by Crippen LogP contribution is 2.61. The molecule has 0 aliphatic carbocycles. The minimum absolute atomic E-state index is 0.0845. The SMILES string of the molecule is C=CCCC(=O)N[C@@H](C)[C@H](OC(=O)[C@@H]1[C@H]2O[C@@]3(CC2Br)[C@H](C(=O)N(CC=C)c2ccc(OC)cc2)N([C@@H](CO)CC(C)C)C(=O)[C@@H]13)c1ccccc1. The number of alkyl halides is 1. The van der Waals surface area contributed by atoms with Crippen molar-refractivity contribution < 1.29 is 38.5 Å². The molecule has 0 aromatic heterocycles. The number of nitrogens with one attached hydrogen (secondary N) is 1. The van der Waals surface area contributed by atoms with Gasteiger partial charge in [-0.05, 0) is 61.9 Å². The average Bonchev–Trinajstić information content (AvgIpc) is 3.73. The number of nitrogens with zero attached hydrogens (tertiary/aromatic N) is 2. The number of amides is 3. The van der Waals surface area contributed by atoms with Crippen LogP contribution in [0.2, 0.25) is 0 Å². The van der Waals surface area contributed by atoms with E-state index >= 15 is 4.79 Å². The quantitative estimate of drug-likeness (QED) is 0.128. The Morgan fingerprint density at radius 1 is 1.12 bits per heavy atom. The van der Waals surface area contributed by atoms with Crippen molar-refractivity contribution in [1.29, 1.82) is 0 Å². The molecule has 3 aliphatic rings. The van der Waals surface area contributed by atoms with Crippen LogP contribution < -0.4 is 15.0 Å². The summed E-state index contributed by atoms with van der Waals surface area (Å²) in [6, 6.07) is 13.7. The maximum atomic E-state index is 15.0. The third kappa shape index (κ3) is 7.56. The van der Waals surface area contributed by atoms with Crippen molar-refractivity contribution in [2.24, 2.45) is 17.8 Å². The molecular formula is C40H50BrN3O8. The highest BCUT2D eigenvalue weighted by molar-refractivity contribution is 9.09. The summed E-state index contributed by atoms with van der Waals surface area (Å²) in [6.07, 6.45) is 3.08. The maximum absolute atomic E-state index is 15.0. The molecule has 0 radical (unpaired) electrons. The largest absolute Gasteiger partial charge is 0.497 e. The van der Waals surface area contributed by atoms with Gasteiger partial charge in [-0.15, -0.1) is 13.2 Å². The summed E-state index contributed by atoms with van der Waals surface area (Å²) in [5, 5.41) is 13.7. The molecule has 9 atom stereocenters. The molecule has 12 heteroatoms. The Hall–Kier alpha value is -4.00. The lowest BCUT2D eigenvalue weighted by Gasteiger charge is -2.39. The van der Waals surface area contributed by atoms with Crippen molar-refractivity contribution >= 4 is 45.3 Å². The number of halogens is 1. The van der Waals surface area contributed by atoms with Crippen LogP contribution in [-0.2, 0) is 28.7 Å². The molecule has 2 bridgehead atoms. The molecule has 11 nitrogen and oxygen atoms in total. The molecule has 2 aromatic rings. The van der Waals surface area contributed by atoms with Crippen LogP contribution in [0.4, 0.5) is 5.69 Å². The lowest BCUT2D eigenvalue weighted by Crippen LogP contribution is -2.59. The Morgan fingerprint density at radius 3 is 2.40 bits per heavy atom. The first-order chi connectivity index (χ1) is 24.9. The predicted molar refractivity (Wildman–Crippen MR) is 201 cm³/mol. The zero-order valence-electron chi connectivity index (χ0n) is 30.3. The van der Waals surface area contributed by atoms with E-state index in [1.54, 1.807) is 55.4 Å². The van der Waals surface area contributed by atoms with Crippen LogP contribution in [0, 0.1) is 17.8 Å². The normalized spacial score (nSPS) is 26.3. The molecule has 3 heterocycles. The van der Waals surface area contributed by atoms with Gasteiger partial charge in [0.25, 0.3) is 5.91 Å². The number of aliphatic hydroxyl groups is 1. The van der Waals surface area contributed by atoms with E-state index in [0.29, 0.717) is 29.8 Å². The maximum Gasteiger partial charge on any atom is 0.313 e. The molecule has 5 rings (SSSR count). The van der Waals surface area contributed by atoms with Gasteiger partial charge in [-0.1, -0.05) is 72.3 Å². The molecule has 3 aliphatic heterocycles. The lowest BCUT2D eigenvalue weighted by atomic mass is 9.70. The monoisotopic (exact) mass is 779 g/mol. The summed E-state index contributed by atoms with van der Waals surface area (Å²) in [5.41, 5.74) is -0.151. The van der Waals surface area contributed by atoms with Crippen LogP contribution in [0.3, 0.4) is 0 Å². The first-order valence-corrected chi connectivity index (χ1v) is 18.8. The van der Waals surface area contributed by atoms with Crippen molar-refractivity contribution in [1.82, 2.24) is 10.2 Å². The molecular weight excluding hydrogens is 730 g/mol. The number of fused-ring (bicyclic) bond motifs is 1. The number of hydrogen-bond donors (Lipinski definition) is 2. The van der Waals surface area contributed by atoms with Gasteiger partial charge < -0.3 is 34.4 Å². The van der Waals surface area contributed by atoms with Crippen molar-refractivity contribution in [3.8, 4) is 5.75 Å². The number of hydrogen-bond acceptors (Lipinski definition) is 8. The first kappa shape index (κ1) is 39.2. The standard InChI is InChI=1S/C40H50BrN3O8/c1-7-9-15-31(46)42-25(5)34(26-13-11-10-12-14-26)51-39(49)32-33-37(47)44(28(23-45)21-24(3)4)36(40(33)22-30(41)35(32)52-40)38(48)43(20-8-2)27-16-18-29(50-6)19-17-27/h7-8,10-14,16-19,24-25,28,30,32-36,45H,1-2,9,15,20-23H2,3-6H3,(H,42,46)/t25-,28+,30?,32-,33+,34-,35-,36-,40+/m0/s1. The van der Waals surface area contributed by atoms with Gasteiger partial charge in [-0.3, -0.25) is 19.2 Å². The zero-order chi connectivity index (χ0) is 37.7. The van der Waals surface area contributed by atoms with E-state index < -0.39 is 65.6 Å². The number of rotatable bonds is 17. The van der Waals surface area contributed by atoms with Crippen LogP contribution >= 0.6 is 15.9 Å². The Balaban J connectivity index is 1.55. The van der Waals surface area contributed by atoms with Gasteiger partial charge >= 0.3 is 5.97 Å². The van der Waals surface area contributed by atoms with Crippen LogP contribution in [0.25, 0.3) is 0 Å². The third-order valence-electron chi connectivity index (χ3n) is 10.3. The molecule has 3 saturated heterocycles. The Morgan fingerprint density at radius 2 is 1.81 bits per heavy atom. The van der Waals surface area contributed by atoms with E-state index in [0.717, 1.165) is 0 Å². The van der Waals surface area contributed by atoms with E-state index in [9.17, 15) is 19.5 Å². The zero-order valence-corrected chi connectivity index (χ0v) is 31.9. The smallest absolute Gasteiger partial charge is 0.313 e. The minimum atomic E-state index is -1.39. The number of carbonyl (C=O) groups is 4. The lowest BCUT2D eigenvalue weighted by molar-refractivity contribution is -0.162. The van der Waals surface area contributed by atoms with Gasteiger partial charge in [0.1, 0.15) is 23.5 Å². The molecule has 0 saturated carbocycles. The number of allylic oxidation sites excluding steroid dienone is 1. The number of carbonyl (C=O) groups excluding carboxylic acids is 4. The summed E-state index contributed by atoms with van der Waals surface area (Å²) in [4.78, 5) is 59.8. The highest BCUT2D eigenvalue weighted by atomic mass is 79.9. The van der Waals surface area contributed by atoms with Crippen molar-refractivity contribution in [2.75, 3.05) is 25.2 Å². The highest BCUT2D eigenvalue weighted by Gasteiger charge is 2.77. The van der Waals surface area contributed by atoms with Gasteiger partial charge in [0.2, 0.25) is 11.8 Å². The second kappa shape index (κ2) is 16.8. The van der Waals surface area contributed by atoms with Crippen LogP contribution in [0.1, 0.15) is 58.1 Å². The molecule has 280 valence electrons. The Labute approximate surface area is 314 Å². The second-order valence-corrected chi connectivity index (χ2v) is 15.4. The van der Waals surface area contributed by atoms with Gasteiger partial charge in [-0.25, -0.2) is 0 Å². The predicted octanol–water partition coefficient (Wildman–Crippen LogP) is 5.12. The van der Waals surface area contributed by atoms with E-state index in [2.05, 4.69) is 34.4 Å². The fourth-order valence-corrected chi connectivity index (χ4v) is 9.07. The van der Waals surface area contributed by atoms with Crippen molar-refractivity contribution in [3.05, 3.63) is 85.5 Å². The van der Waals surface area contributed by atoms with Gasteiger partial charge in [-0.2, -0.15) is 0 Å². The van der Waals surface area contributed by atoms with E-state index in [1.807, 2.05) is 44.2 Å². The number of anilines is 1. The second-order valence-electron chi connectivity index (χ2n) is 14.3. The molecule has 3 fully saturated rings. The fraction of sp³-hybridized carbons (Fsp3) is 0.500. The van der Waals surface area contributed by atoms with Gasteiger partial charge in [0.15, 0.2) is 0 Å². The van der Waals surface area contributed by atoms with Gasteiger partial charge in [0, 0.05) is 23.5 Å². The van der Waals surface area contributed by atoms with E-state index in [4.69, 9.17) is 14.2 Å². The topological polar surface area (TPSA) is 135 Å². The molecule has 1 unspecified atom stereocenters. The Bertz CT molecular complexity index is 1620. The number of aliphatic hydroxyl groups excluding tert-OH is 1. The summed E-state index contributed by atoms with van der Waals surface area (Å²) >= 11 is 3.74. The summed E-state index contributed by atoms with van der Waals surface area (Å²) < 4.78 is 18.4. The third-order valence-corrected chi connectivity index (χ3v) is 11.2. The van der Waals surface area contributed by atoms with Crippen molar-refractivity contribution in [2.45, 2.75) is 87.2 Å². The van der Waals surface area contributed by atoms with E-state index in [1.165, 1.54) is 4.90 Å². The number of likely N-dealkylation sites (tertiary alicyclic amines) is 1. The van der Waals surface area contributed by atoms with Crippen LogP contribution in [0.15, 0.2) is 79.9 Å².